The van der Waals surface area contributed by atoms with Gasteiger partial charge in [0.05, 0.1) is 6.61 Å². The smallest absolute Gasteiger partial charge is 0.332 e. The Kier molecular flexibility index (Phi) is 5.22. The number of alkyl halides is 1. The van der Waals surface area contributed by atoms with Gasteiger partial charge < -0.3 is 4.74 Å². The van der Waals surface area contributed by atoms with Gasteiger partial charge in [-0.2, -0.15) is 0 Å². The van der Waals surface area contributed by atoms with Gasteiger partial charge in [0.25, 0.3) is 0 Å². The van der Waals surface area contributed by atoms with Gasteiger partial charge in [0, 0.05) is 5.56 Å². The van der Waals surface area contributed by atoms with Gasteiger partial charge >= 0.3 is 5.97 Å². The molecular weight excluding hydrogens is 266 g/mol. The molecule has 6 heteroatoms. The summed E-state index contributed by atoms with van der Waals surface area (Å²) in [6, 6.07) is 2.55. The molecule has 0 saturated carbocycles. The highest BCUT2D eigenvalue weighted by Gasteiger charge is 2.27. The summed E-state index contributed by atoms with van der Waals surface area (Å²) in [7, 11) is 0. The lowest BCUT2D eigenvalue weighted by atomic mass is 10.1. The highest BCUT2D eigenvalue weighted by molar-refractivity contribution is 6.43. The zero-order chi connectivity index (χ0) is 13.7. The van der Waals surface area contributed by atoms with Gasteiger partial charge in [-0.1, -0.05) is 6.92 Å². The molecule has 1 unspecified atom stereocenters. The normalized spacial score (nSPS) is 12.0. The Morgan fingerprint density at radius 3 is 2.56 bits per heavy atom. The van der Waals surface area contributed by atoms with Gasteiger partial charge in [0.1, 0.15) is 0 Å². The van der Waals surface area contributed by atoms with Crippen molar-refractivity contribution in [1.82, 2.24) is 0 Å². The van der Waals surface area contributed by atoms with Crippen LogP contribution in [0, 0.1) is 11.6 Å². The van der Waals surface area contributed by atoms with Crippen molar-refractivity contribution >= 4 is 23.4 Å². The minimum Gasteiger partial charge on any atom is -0.464 e. The molecule has 0 radical (unpaired) electrons. The molecule has 0 aliphatic rings. The van der Waals surface area contributed by atoms with Crippen LogP contribution >= 0.6 is 11.6 Å². The third kappa shape index (κ3) is 3.50. The number of carbonyl (C=O) groups excluding carboxylic acids is 2. The molecule has 98 valence electrons. The fraction of sp³-hybridized carbons (Fsp3) is 0.333. The molecule has 0 saturated heterocycles. The molecule has 0 bridgehead atoms. The van der Waals surface area contributed by atoms with Gasteiger partial charge in [-0.25, -0.2) is 13.6 Å². The highest BCUT2D eigenvalue weighted by atomic mass is 35.5. The first kappa shape index (κ1) is 14.6. The third-order valence-electron chi connectivity index (χ3n) is 2.09. The summed E-state index contributed by atoms with van der Waals surface area (Å²) >= 11 is 5.60. The van der Waals surface area contributed by atoms with Gasteiger partial charge in [-0.15, -0.1) is 11.6 Å². The predicted molar refractivity (Wildman–Crippen MR) is 61.6 cm³/mol. The van der Waals surface area contributed by atoms with Crippen molar-refractivity contribution in [3.8, 4) is 0 Å². The zero-order valence-electron chi connectivity index (χ0n) is 9.58. The summed E-state index contributed by atoms with van der Waals surface area (Å²) in [5.41, 5.74) is -0.178. The first-order valence-electron chi connectivity index (χ1n) is 5.27. The second kappa shape index (κ2) is 6.44. The van der Waals surface area contributed by atoms with E-state index >= 15 is 0 Å². The molecule has 0 aliphatic carbocycles. The van der Waals surface area contributed by atoms with Crippen molar-refractivity contribution in [2.45, 2.75) is 18.7 Å². The Hall–Kier alpha value is -1.49. The largest absolute Gasteiger partial charge is 0.464 e. The van der Waals surface area contributed by atoms with E-state index in [1.165, 1.54) is 0 Å². The Bertz CT molecular complexity index is 463. The van der Waals surface area contributed by atoms with Crippen LogP contribution in [-0.2, 0) is 9.53 Å². The molecule has 0 heterocycles. The monoisotopic (exact) mass is 276 g/mol. The van der Waals surface area contributed by atoms with Crippen molar-refractivity contribution in [2.75, 3.05) is 6.61 Å². The van der Waals surface area contributed by atoms with E-state index in [4.69, 9.17) is 16.3 Å². The van der Waals surface area contributed by atoms with Gasteiger partial charge in [-0.3, -0.25) is 4.79 Å². The summed E-state index contributed by atoms with van der Waals surface area (Å²) in [6.45, 7) is 1.93. The Morgan fingerprint density at radius 2 is 2.00 bits per heavy atom. The molecule has 0 aromatic heterocycles. The number of rotatable bonds is 5. The molecule has 1 aromatic rings. The van der Waals surface area contributed by atoms with E-state index in [-0.39, 0.29) is 12.2 Å². The van der Waals surface area contributed by atoms with Gasteiger partial charge in [0.2, 0.25) is 0 Å². The number of ketones is 1. The van der Waals surface area contributed by atoms with Crippen molar-refractivity contribution in [2.24, 2.45) is 0 Å². The Morgan fingerprint density at radius 1 is 1.33 bits per heavy atom. The van der Waals surface area contributed by atoms with Crippen LogP contribution in [0.4, 0.5) is 8.78 Å². The minimum atomic E-state index is -1.55. The van der Waals surface area contributed by atoms with Crippen LogP contribution in [-0.4, -0.2) is 23.7 Å². The lowest BCUT2D eigenvalue weighted by Crippen LogP contribution is -2.27. The standard InChI is InChI=1S/C12H11ClF2O3/c1-2-5-18-12(17)10(13)11(16)7-3-4-8(14)9(15)6-7/h3-4,6,10H,2,5H2,1H3. The molecule has 3 nitrogen and oxygen atoms in total. The average molecular weight is 277 g/mol. The quantitative estimate of drug-likeness (QED) is 0.359. The van der Waals surface area contributed by atoms with Crippen LogP contribution in [0.5, 0.6) is 0 Å². The molecule has 18 heavy (non-hydrogen) atoms. The van der Waals surface area contributed by atoms with Crippen molar-refractivity contribution in [1.29, 1.82) is 0 Å². The molecule has 0 fully saturated rings. The number of halogens is 3. The van der Waals surface area contributed by atoms with Crippen molar-refractivity contribution in [3.63, 3.8) is 0 Å². The Balaban J connectivity index is 2.79. The predicted octanol–water partition coefficient (Wildman–Crippen LogP) is 2.71. The summed E-state index contributed by atoms with van der Waals surface area (Å²) < 4.78 is 30.3. The maximum atomic E-state index is 12.9. The maximum absolute atomic E-state index is 12.9. The first-order valence-corrected chi connectivity index (χ1v) is 5.71. The first-order chi connectivity index (χ1) is 8.47. The van der Waals surface area contributed by atoms with Crippen molar-refractivity contribution < 1.29 is 23.1 Å². The molecule has 1 aromatic carbocycles. The molecule has 0 spiro atoms. The number of Topliss-reactive ketones (excluding diaryl/α,β-unsaturated/α-hetero) is 1. The number of hydrogen-bond acceptors (Lipinski definition) is 3. The van der Waals surface area contributed by atoms with Crippen LogP contribution in [0.25, 0.3) is 0 Å². The van der Waals surface area contributed by atoms with Gasteiger partial charge in [-0.05, 0) is 24.6 Å². The van der Waals surface area contributed by atoms with Gasteiger partial charge in [0.15, 0.2) is 22.8 Å². The minimum absolute atomic E-state index is 0.146. The Labute approximate surface area is 108 Å². The second-order valence-electron chi connectivity index (χ2n) is 3.52. The summed E-state index contributed by atoms with van der Waals surface area (Å²) in [4.78, 5) is 23.0. The van der Waals surface area contributed by atoms with Crippen LogP contribution in [0.1, 0.15) is 23.7 Å². The van der Waals surface area contributed by atoms with Crippen LogP contribution in [0.3, 0.4) is 0 Å². The summed E-state index contributed by atoms with van der Waals surface area (Å²) in [5.74, 6) is -3.97. The zero-order valence-corrected chi connectivity index (χ0v) is 10.3. The second-order valence-corrected chi connectivity index (χ2v) is 3.96. The van der Waals surface area contributed by atoms with E-state index in [1.54, 1.807) is 6.92 Å². The van der Waals surface area contributed by atoms with E-state index in [9.17, 15) is 18.4 Å². The lowest BCUT2D eigenvalue weighted by Gasteiger charge is -2.08. The molecule has 0 N–H and O–H groups in total. The third-order valence-corrected chi connectivity index (χ3v) is 2.47. The van der Waals surface area contributed by atoms with Crippen molar-refractivity contribution in [3.05, 3.63) is 35.4 Å². The average Bonchev–Trinajstić information content (AvgIpc) is 2.37. The SMILES string of the molecule is CCCOC(=O)C(Cl)C(=O)c1ccc(F)c(F)c1. The topological polar surface area (TPSA) is 43.4 Å². The van der Waals surface area contributed by atoms with E-state index in [0.717, 1.165) is 12.1 Å². The van der Waals surface area contributed by atoms with E-state index in [2.05, 4.69) is 0 Å². The molecule has 1 rings (SSSR count). The lowest BCUT2D eigenvalue weighted by molar-refractivity contribution is -0.142. The fourth-order valence-corrected chi connectivity index (χ4v) is 1.37. The molecule has 1 atom stereocenters. The highest BCUT2D eigenvalue weighted by Crippen LogP contribution is 2.14. The molecular formula is C12H11ClF2O3. The molecule has 0 amide bonds. The fourth-order valence-electron chi connectivity index (χ4n) is 1.18. The number of esters is 1. The summed E-state index contributed by atoms with van der Waals surface area (Å²) in [6.07, 6.45) is 0.592. The number of ether oxygens (including phenoxy) is 1. The van der Waals surface area contributed by atoms with E-state index in [1.807, 2.05) is 0 Å². The number of benzene rings is 1. The number of carbonyl (C=O) groups is 2. The molecule has 0 aliphatic heterocycles. The van der Waals surface area contributed by atoms with E-state index in [0.29, 0.717) is 12.5 Å². The van der Waals surface area contributed by atoms with Crippen LogP contribution in [0.15, 0.2) is 18.2 Å². The maximum Gasteiger partial charge on any atom is 0.332 e. The summed E-state index contributed by atoms with van der Waals surface area (Å²) in [5, 5.41) is -1.55. The number of hydrogen-bond donors (Lipinski definition) is 0. The van der Waals surface area contributed by atoms with Crippen LogP contribution < -0.4 is 0 Å². The van der Waals surface area contributed by atoms with E-state index < -0.39 is 28.8 Å². The van der Waals surface area contributed by atoms with Crippen LogP contribution in [0.2, 0.25) is 0 Å².